The Hall–Kier alpha value is -2.58. The van der Waals surface area contributed by atoms with Crippen LogP contribution in [0.2, 0.25) is 0 Å². The number of carbonyl (C=O) groups is 1. The van der Waals surface area contributed by atoms with E-state index >= 15 is 0 Å². The first-order chi connectivity index (χ1) is 12.7. The van der Waals surface area contributed by atoms with Crippen molar-refractivity contribution in [1.29, 1.82) is 0 Å². The highest BCUT2D eigenvalue weighted by molar-refractivity contribution is 6.10. The van der Waals surface area contributed by atoms with Gasteiger partial charge in [-0.25, -0.2) is 0 Å². The summed E-state index contributed by atoms with van der Waals surface area (Å²) >= 11 is 0. The van der Waals surface area contributed by atoms with E-state index in [9.17, 15) is 4.79 Å². The van der Waals surface area contributed by atoms with Crippen LogP contribution in [-0.2, 0) is 11.3 Å². The lowest BCUT2D eigenvalue weighted by molar-refractivity contribution is -0.122. The molecule has 9 heteroatoms. The largest absolute Gasteiger partial charge is 0.369 e. The van der Waals surface area contributed by atoms with Crippen LogP contribution in [0, 0.1) is 11.3 Å². The Morgan fingerprint density at radius 1 is 1.37 bits per heavy atom. The van der Waals surface area contributed by atoms with Crippen LogP contribution in [-0.4, -0.2) is 40.6 Å². The summed E-state index contributed by atoms with van der Waals surface area (Å²) in [5.41, 5.74) is 14.4. The normalized spacial score (nSPS) is 21.3. The summed E-state index contributed by atoms with van der Waals surface area (Å²) in [7, 11) is 1.62. The lowest BCUT2D eigenvalue weighted by atomic mass is 9.89. The van der Waals surface area contributed by atoms with Crippen molar-refractivity contribution in [2.45, 2.75) is 59.5 Å². The fraction of sp³-hybridized carbons (Fsp3) is 0.667. The van der Waals surface area contributed by atoms with E-state index in [1.54, 1.807) is 13.2 Å². The van der Waals surface area contributed by atoms with Crippen molar-refractivity contribution in [3.8, 4) is 0 Å². The third-order valence-electron chi connectivity index (χ3n) is 4.57. The Bertz CT molecular complexity index is 711. The van der Waals surface area contributed by atoms with E-state index in [4.69, 9.17) is 11.5 Å². The van der Waals surface area contributed by atoms with Crippen LogP contribution in [0.3, 0.4) is 0 Å². The number of aromatic nitrogens is 2. The number of anilines is 1. The van der Waals surface area contributed by atoms with Crippen molar-refractivity contribution in [3.05, 3.63) is 12.4 Å². The van der Waals surface area contributed by atoms with Gasteiger partial charge in [-0.05, 0) is 24.7 Å². The van der Waals surface area contributed by atoms with Gasteiger partial charge in [0.2, 0.25) is 11.9 Å². The number of hydrogen-bond acceptors (Lipinski definition) is 4. The minimum absolute atomic E-state index is 0.0118. The van der Waals surface area contributed by atoms with Gasteiger partial charge in [0, 0.05) is 25.8 Å². The first kappa shape index (κ1) is 20.7. The summed E-state index contributed by atoms with van der Waals surface area (Å²) in [5.74, 6) is -0.0599. The van der Waals surface area contributed by atoms with Gasteiger partial charge in [-0.15, -0.1) is 5.10 Å². The first-order valence-corrected chi connectivity index (χ1v) is 9.33. The van der Waals surface area contributed by atoms with Gasteiger partial charge in [0.1, 0.15) is 5.84 Å². The Morgan fingerprint density at radius 2 is 2.07 bits per heavy atom. The SMILES string of the molecule is CCC1CCC(C(=NC)NN=C(N)N)C(=O)N1c1cnn(CC(C)(C)C)c1. The molecule has 9 nitrogen and oxygen atoms in total. The number of hydrazone groups is 1. The molecule has 1 aliphatic heterocycles. The average Bonchev–Trinajstić information content (AvgIpc) is 3.01. The Morgan fingerprint density at radius 3 is 2.63 bits per heavy atom. The van der Waals surface area contributed by atoms with Gasteiger partial charge in [-0.1, -0.05) is 27.7 Å². The van der Waals surface area contributed by atoms with Gasteiger partial charge < -0.3 is 16.4 Å². The second-order valence-electron chi connectivity index (χ2n) is 8.11. The van der Waals surface area contributed by atoms with E-state index in [0.717, 1.165) is 25.1 Å². The van der Waals surface area contributed by atoms with E-state index in [1.807, 2.05) is 15.8 Å². The highest BCUT2D eigenvalue weighted by Crippen LogP contribution is 2.31. The second kappa shape index (κ2) is 8.41. The van der Waals surface area contributed by atoms with Crippen molar-refractivity contribution >= 4 is 23.4 Å². The number of nitrogens with zero attached hydrogens (tertiary/aromatic N) is 5. The molecule has 1 aromatic rings. The predicted octanol–water partition coefficient (Wildman–Crippen LogP) is 1.26. The van der Waals surface area contributed by atoms with E-state index in [1.165, 1.54) is 0 Å². The van der Waals surface area contributed by atoms with Crippen LogP contribution in [0.25, 0.3) is 0 Å². The third-order valence-corrected chi connectivity index (χ3v) is 4.57. The molecule has 27 heavy (non-hydrogen) atoms. The van der Waals surface area contributed by atoms with Crippen molar-refractivity contribution in [2.75, 3.05) is 11.9 Å². The third kappa shape index (κ3) is 5.21. The summed E-state index contributed by atoms with van der Waals surface area (Å²) in [5, 5.41) is 8.24. The van der Waals surface area contributed by atoms with Crippen LogP contribution in [0.15, 0.2) is 22.5 Å². The predicted molar refractivity (Wildman–Crippen MR) is 108 cm³/mol. The molecule has 2 atom stereocenters. The van der Waals surface area contributed by atoms with Gasteiger partial charge in [0.15, 0.2) is 0 Å². The summed E-state index contributed by atoms with van der Waals surface area (Å²) in [6.07, 6.45) is 6.16. The van der Waals surface area contributed by atoms with Crippen LogP contribution in [0.5, 0.6) is 0 Å². The van der Waals surface area contributed by atoms with Gasteiger partial charge in [-0.2, -0.15) is 5.10 Å². The number of amidine groups is 1. The van der Waals surface area contributed by atoms with Gasteiger partial charge in [-0.3, -0.25) is 19.9 Å². The van der Waals surface area contributed by atoms with Crippen LogP contribution in [0.1, 0.15) is 47.0 Å². The molecule has 1 aromatic heterocycles. The number of amides is 1. The molecule has 0 spiro atoms. The molecule has 1 fully saturated rings. The molecular weight excluding hydrogens is 344 g/mol. The number of hydrogen-bond donors (Lipinski definition) is 3. The molecule has 0 aromatic carbocycles. The molecule has 5 N–H and O–H groups in total. The van der Waals surface area contributed by atoms with E-state index in [-0.39, 0.29) is 23.3 Å². The summed E-state index contributed by atoms with van der Waals surface area (Å²) in [4.78, 5) is 19.3. The molecule has 1 amide bonds. The molecule has 1 saturated heterocycles. The van der Waals surface area contributed by atoms with Crippen molar-refractivity contribution in [3.63, 3.8) is 0 Å². The van der Waals surface area contributed by atoms with Crippen molar-refractivity contribution in [1.82, 2.24) is 15.2 Å². The molecule has 1 aliphatic rings. The first-order valence-electron chi connectivity index (χ1n) is 9.33. The average molecular weight is 377 g/mol. The van der Waals surface area contributed by atoms with E-state index in [0.29, 0.717) is 12.3 Å². The number of rotatable bonds is 5. The van der Waals surface area contributed by atoms with Crippen molar-refractivity contribution in [2.24, 2.45) is 32.9 Å². The lowest BCUT2D eigenvalue weighted by Crippen LogP contribution is -2.52. The number of carbonyl (C=O) groups excluding carboxylic acids is 1. The van der Waals surface area contributed by atoms with E-state index in [2.05, 4.69) is 48.3 Å². The smallest absolute Gasteiger partial charge is 0.238 e. The van der Waals surface area contributed by atoms with Gasteiger partial charge in [0.05, 0.1) is 17.8 Å². The zero-order chi connectivity index (χ0) is 20.2. The lowest BCUT2D eigenvalue weighted by Gasteiger charge is -2.38. The quantitative estimate of drug-likeness (QED) is 0.405. The summed E-state index contributed by atoms with van der Waals surface area (Å²) < 4.78 is 1.89. The molecule has 150 valence electrons. The Balaban J connectivity index is 2.27. The zero-order valence-electron chi connectivity index (χ0n) is 16.9. The Kier molecular flexibility index (Phi) is 6.45. The standard InChI is InChI=1S/C18H32N8O/c1-6-12-7-8-14(15(21-5)23-24-17(19)20)16(27)26(12)13-9-22-25(10-13)11-18(2,3)4/h9-10,12,14H,6-8,11H2,1-5H3,(H,21,23)(H4,19,20,24). The highest BCUT2D eigenvalue weighted by Gasteiger charge is 2.38. The molecule has 0 aliphatic carbocycles. The molecule has 0 bridgehead atoms. The van der Waals surface area contributed by atoms with Crippen LogP contribution >= 0.6 is 0 Å². The minimum Gasteiger partial charge on any atom is -0.369 e. The monoisotopic (exact) mass is 376 g/mol. The number of nitrogens with two attached hydrogens (primary N) is 2. The number of guanidine groups is 1. The zero-order valence-corrected chi connectivity index (χ0v) is 16.9. The van der Waals surface area contributed by atoms with Crippen LogP contribution in [0.4, 0.5) is 5.69 Å². The fourth-order valence-corrected chi connectivity index (χ4v) is 3.39. The maximum absolute atomic E-state index is 13.3. The topological polar surface area (TPSA) is 127 Å². The second-order valence-corrected chi connectivity index (χ2v) is 8.11. The van der Waals surface area contributed by atoms with Crippen molar-refractivity contribution < 1.29 is 4.79 Å². The molecule has 0 saturated carbocycles. The summed E-state index contributed by atoms with van der Waals surface area (Å²) in [6.45, 7) is 9.35. The minimum atomic E-state index is -0.410. The maximum atomic E-state index is 13.3. The van der Waals surface area contributed by atoms with Crippen LogP contribution < -0.4 is 21.8 Å². The molecular formula is C18H32N8O. The van der Waals surface area contributed by atoms with E-state index < -0.39 is 5.92 Å². The summed E-state index contributed by atoms with van der Waals surface area (Å²) in [6, 6.07) is 0.141. The fourth-order valence-electron chi connectivity index (χ4n) is 3.39. The molecule has 2 unspecified atom stereocenters. The molecule has 2 heterocycles. The van der Waals surface area contributed by atoms with Gasteiger partial charge >= 0.3 is 0 Å². The molecule has 0 radical (unpaired) electrons. The molecule has 2 rings (SSSR count). The maximum Gasteiger partial charge on any atom is 0.238 e. The highest BCUT2D eigenvalue weighted by atomic mass is 16.2. The number of nitrogens with one attached hydrogen (secondary N) is 1. The number of aliphatic imine (C=N–C) groups is 1. The Labute approximate surface area is 160 Å². The number of piperidine rings is 1. The van der Waals surface area contributed by atoms with Gasteiger partial charge in [0.25, 0.3) is 0 Å².